The van der Waals surface area contributed by atoms with Crippen LogP contribution in [0, 0.1) is 11.6 Å². The lowest BCUT2D eigenvalue weighted by molar-refractivity contribution is -0.122. The van der Waals surface area contributed by atoms with Crippen LogP contribution in [0.4, 0.5) is 8.78 Å². The molecule has 0 spiro atoms. The van der Waals surface area contributed by atoms with E-state index in [1.807, 2.05) is 6.92 Å². The van der Waals surface area contributed by atoms with E-state index in [4.69, 9.17) is 0 Å². The lowest BCUT2D eigenvalue weighted by Gasteiger charge is -2.14. The van der Waals surface area contributed by atoms with Crippen molar-refractivity contribution in [1.29, 1.82) is 0 Å². The molecule has 0 saturated carbocycles. The Bertz CT molecular complexity index is 1030. The SMILES string of the molecule is CCCCC(N=C1NS(=O)(=O)c2ccccc21)C(=O)NCc1cc(F)cc(F)c1. The number of amidine groups is 1. The minimum absolute atomic E-state index is 0.0662. The van der Waals surface area contributed by atoms with Gasteiger partial charge in [0.15, 0.2) is 0 Å². The number of sulfonamides is 1. The molecule has 2 aromatic rings. The molecule has 1 aliphatic rings. The summed E-state index contributed by atoms with van der Waals surface area (Å²) < 4.78 is 53.5. The number of aliphatic imine (C=N–C) groups is 1. The number of fused-ring (bicyclic) bond motifs is 1. The van der Waals surface area contributed by atoms with Gasteiger partial charge in [-0.1, -0.05) is 31.9 Å². The summed E-state index contributed by atoms with van der Waals surface area (Å²) in [6.07, 6.45) is 1.94. The van der Waals surface area contributed by atoms with Crippen LogP contribution >= 0.6 is 0 Å². The predicted molar refractivity (Wildman–Crippen MR) is 105 cm³/mol. The van der Waals surface area contributed by atoms with E-state index in [9.17, 15) is 22.0 Å². The van der Waals surface area contributed by atoms with Gasteiger partial charge in [0.25, 0.3) is 10.0 Å². The fourth-order valence-electron chi connectivity index (χ4n) is 3.06. The summed E-state index contributed by atoms with van der Waals surface area (Å²) in [5.41, 5.74) is 0.693. The van der Waals surface area contributed by atoms with Crippen molar-refractivity contribution >= 4 is 21.8 Å². The van der Waals surface area contributed by atoms with Crippen LogP contribution < -0.4 is 10.0 Å². The molecule has 29 heavy (non-hydrogen) atoms. The maximum absolute atomic E-state index is 13.3. The minimum Gasteiger partial charge on any atom is -0.350 e. The highest BCUT2D eigenvalue weighted by atomic mass is 32.2. The number of benzene rings is 2. The first-order valence-corrected chi connectivity index (χ1v) is 10.7. The van der Waals surface area contributed by atoms with Gasteiger partial charge in [-0.25, -0.2) is 17.2 Å². The van der Waals surface area contributed by atoms with Gasteiger partial charge in [0.1, 0.15) is 23.5 Å². The van der Waals surface area contributed by atoms with E-state index >= 15 is 0 Å². The molecule has 6 nitrogen and oxygen atoms in total. The normalized spacial score (nSPS) is 16.9. The first-order chi connectivity index (χ1) is 13.8. The third kappa shape index (κ3) is 4.97. The molecule has 2 aromatic carbocycles. The second-order valence-electron chi connectivity index (χ2n) is 6.73. The van der Waals surface area contributed by atoms with Gasteiger partial charge < -0.3 is 5.32 Å². The molecule has 0 saturated heterocycles. The summed E-state index contributed by atoms with van der Waals surface area (Å²) in [7, 11) is -3.71. The van der Waals surface area contributed by atoms with Crippen molar-refractivity contribution in [2.75, 3.05) is 0 Å². The van der Waals surface area contributed by atoms with Gasteiger partial charge in [-0.2, -0.15) is 0 Å². The standard InChI is InChI=1S/C20H21F2N3O3S/c1-2-3-7-17(20(26)23-12-13-9-14(21)11-15(22)10-13)24-19-16-6-4-5-8-18(16)29(27,28)25-19/h4-6,8-11,17H,2-3,7,12H2,1H3,(H,23,26)(H,24,25). The molecule has 1 heterocycles. The Balaban J connectivity index is 1.81. The van der Waals surface area contributed by atoms with E-state index in [1.165, 1.54) is 6.07 Å². The van der Waals surface area contributed by atoms with E-state index in [0.717, 1.165) is 24.6 Å². The number of amides is 1. The van der Waals surface area contributed by atoms with Crippen molar-refractivity contribution in [3.63, 3.8) is 0 Å². The highest BCUT2D eigenvalue weighted by Crippen LogP contribution is 2.23. The van der Waals surface area contributed by atoms with Gasteiger partial charge in [-0.15, -0.1) is 0 Å². The summed E-state index contributed by atoms with van der Waals surface area (Å²) >= 11 is 0. The Labute approximate surface area is 168 Å². The van der Waals surface area contributed by atoms with Crippen LogP contribution in [0.1, 0.15) is 37.3 Å². The lowest BCUT2D eigenvalue weighted by Crippen LogP contribution is -2.35. The van der Waals surface area contributed by atoms with E-state index in [2.05, 4.69) is 15.0 Å². The number of nitrogens with zero attached hydrogens (tertiary/aromatic N) is 1. The van der Waals surface area contributed by atoms with E-state index in [0.29, 0.717) is 18.4 Å². The second kappa shape index (κ2) is 8.69. The van der Waals surface area contributed by atoms with Crippen LogP contribution in [0.5, 0.6) is 0 Å². The summed E-state index contributed by atoms with van der Waals surface area (Å²) in [6.45, 7) is 1.90. The Morgan fingerprint density at radius 1 is 1.17 bits per heavy atom. The molecule has 1 atom stereocenters. The highest BCUT2D eigenvalue weighted by molar-refractivity contribution is 7.90. The zero-order valence-electron chi connectivity index (χ0n) is 15.8. The fourth-order valence-corrected chi connectivity index (χ4v) is 4.30. The number of carbonyl (C=O) groups is 1. The molecule has 154 valence electrons. The number of rotatable bonds is 7. The predicted octanol–water partition coefficient (Wildman–Crippen LogP) is 2.88. The van der Waals surface area contributed by atoms with Crippen LogP contribution in [0.2, 0.25) is 0 Å². The van der Waals surface area contributed by atoms with Crippen molar-refractivity contribution in [1.82, 2.24) is 10.0 Å². The average molecular weight is 421 g/mol. The molecule has 1 aliphatic heterocycles. The zero-order valence-corrected chi connectivity index (χ0v) is 16.6. The highest BCUT2D eigenvalue weighted by Gasteiger charge is 2.31. The van der Waals surface area contributed by atoms with Crippen molar-refractivity contribution in [3.8, 4) is 0 Å². The van der Waals surface area contributed by atoms with Gasteiger partial charge in [0, 0.05) is 18.2 Å². The number of unbranched alkanes of at least 4 members (excludes halogenated alkanes) is 1. The minimum atomic E-state index is -3.71. The summed E-state index contributed by atoms with van der Waals surface area (Å²) in [5, 5.41) is 2.62. The maximum atomic E-state index is 13.3. The third-order valence-electron chi connectivity index (χ3n) is 4.47. The molecule has 0 fully saturated rings. The van der Waals surface area contributed by atoms with Crippen LogP contribution in [-0.2, 0) is 21.4 Å². The number of carbonyl (C=O) groups excluding carboxylic acids is 1. The molecule has 0 aliphatic carbocycles. The molecule has 0 bridgehead atoms. The first kappa shape index (κ1) is 20.9. The largest absolute Gasteiger partial charge is 0.350 e. The molecule has 0 aromatic heterocycles. The quantitative estimate of drug-likeness (QED) is 0.721. The lowest BCUT2D eigenvalue weighted by atomic mass is 10.1. The third-order valence-corrected chi connectivity index (χ3v) is 5.87. The van der Waals surface area contributed by atoms with Crippen LogP contribution in [0.15, 0.2) is 52.4 Å². The van der Waals surface area contributed by atoms with Crippen molar-refractivity contribution in [3.05, 3.63) is 65.2 Å². The summed E-state index contributed by atoms with van der Waals surface area (Å²) in [4.78, 5) is 17.1. The average Bonchev–Trinajstić information content (AvgIpc) is 2.93. The summed E-state index contributed by atoms with van der Waals surface area (Å²) in [5.74, 6) is -1.78. The Morgan fingerprint density at radius 3 is 2.55 bits per heavy atom. The van der Waals surface area contributed by atoms with Crippen LogP contribution in [-0.4, -0.2) is 26.2 Å². The Morgan fingerprint density at radius 2 is 1.86 bits per heavy atom. The van der Waals surface area contributed by atoms with E-state index in [-0.39, 0.29) is 22.8 Å². The van der Waals surface area contributed by atoms with Gasteiger partial charge >= 0.3 is 0 Å². The van der Waals surface area contributed by atoms with Gasteiger partial charge in [0.2, 0.25) is 5.91 Å². The summed E-state index contributed by atoms with van der Waals surface area (Å²) in [6, 6.07) is 8.59. The number of halogens is 2. The van der Waals surface area contributed by atoms with Crippen molar-refractivity contribution in [2.24, 2.45) is 4.99 Å². The zero-order chi connectivity index (χ0) is 21.0. The van der Waals surface area contributed by atoms with Gasteiger partial charge in [-0.3, -0.25) is 14.5 Å². The molecular weight excluding hydrogens is 400 g/mol. The van der Waals surface area contributed by atoms with Crippen LogP contribution in [0.3, 0.4) is 0 Å². The topological polar surface area (TPSA) is 87.6 Å². The monoisotopic (exact) mass is 421 g/mol. The number of hydrogen-bond donors (Lipinski definition) is 2. The van der Waals surface area contributed by atoms with Gasteiger partial charge in [-0.05, 0) is 36.2 Å². The molecule has 1 amide bonds. The molecular formula is C20H21F2N3O3S. The smallest absolute Gasteiger partial charge is 0.263 e. The fraction of sp³-hybridized carbons (Fsp3) is 0.300. The van der Waals surface area contributed by atoms with Crippen molar-refractivity contribution < 1.29 is 22.0 Å². The molecule has 1 unspecified atom stereocenters. The molecule has 9 heteroatoms. The van der Waals surface area contributed by atoms with Crippen molar-refractivity contribution in [2.45, 2.75) is 43.7 Å². The Hall–Kier alpha value is -2.81. The van der Waals surface area contributed by atoms with Gasteiger partial charge in [0.05, 0.1) is 4.90 Å². The number of hydrogen-bond acceptors (Lipinski definition) is 4. The second-order valence-corrected chi connectivity index (χ2v) is 8.38. The maximum Gasteiger partial charge on any atom is 0.263 e. The first-order valence-electron chi connectivity index (χ1n) is 9.23. The Kier molecular flexibility index (Phi) is 6.26. The van der Waals surface area contributed by atoms with E-state index in [1.54, 1.807) is 18.2 Å². The molecule has 0 radical (unpaired) electrons. The van der Waals surface area contributed by atoms with E-state index < -0.39 is 33.6 Å². The molecule has 2 N–H and O–H groups in total. The molecule has 3 rings (SSSR count). The number of nitrogens with one attached hydrogen (secondary N) is 2. The van der Waals surface area contributed by atoms with Crippen LogP contribution in [0.25, 0.3) is 0 Å².